The number of esters is 2. The monoisotopic (exact) mass is 263 g/mol. The van der Waals surface area contributed by atoms with Crippen LogP contribution >= 0.6 is 0 Å². The highest BCUT2D eigenvalue weighted by molar-refractivity contribution is 5.87. The number of aliphatic hydroxyl groups is 2. The van der Waals surface area contributed by atoms with Crippen molar-refractivity contribution in [2.45, 2.75) is 39.2 Å². The van der Waals surface area contributed by atoms with Crippen LogP contribution in [0.5, 0.6) is 0 Å². The molecule has 0 aliphatic heterocycles. The van der Waals surface area contributed by atoms with Gasteiger partial charge < -0.3 is 25.0 Å². The van der Waals surface area contributed by atoms with Crippen molar-refractivity contribution in [2.24, 2.45) is 0 Å². The Morgan fingerprint density at radius 3 is 2.17 bits per heavy atom. The third-order valence-electron chi connectivity index (χ3n) is 1.79. The molecule has 8 heteroatoms. The second-order valence-electron chi connectivity index (χ2n) is 3.42. The van der Waals surface area contributed by atoms with Gasteiger partial charge in [-0.15, -0.1) is 0 Å². The molecule has 3 N–H and O–H groups in total. The molecule has 0 aromatic carbocycles. The number of rotatable bonds is 6. The molecular formula is C10H17NO7. The topological polar surface area (TPSA) is 122 Å². The van der Waals surface area contributed by atoms with Crippen molar-refractivity contribution < 1.29 is 34.1 Å². The largest absolute Gasteiger partial charge is 0.463 e. The first kappa shape index (κ1) is 16.3. The SMILES string of the molecule is CCOC(=O)[C@H](O)NC(=O)[C@H](C)OC(=O)[C@H](C)O. The average Bonchev–Trinajstić information content (AvgIpc) is 2.28. The van der Waals surface area contributed by atoms with Crippen LogP contribution in [0.4, 0.5) is 0 Å². The zero-order valence-electron chi connectivity index (χ0n) is 10.4. The fourth-order valence-electron chi connectivity index (χ4n) is 0.858. The molecular weight excluding hydrogens is 246 g/mol. The summed E-state index contributed by atoms with van der Waals surface area (Å²) in [6.45, 7) is 4.01. The van der Waals surface area contributed by atoms with Gasteiger partial charge in [-0.3, -0.25) is 4.79 Å². The van der Waals surface area contributed by atoms with Crippen molar-refractivity contribution in [1.82, 2.24) is 5.32 Å². The summed E-state index contributed by atoms with van der Waals surface area (Å²) in [6.07, 6.45) is -4.45. The average molecular weight is 263 g/mol. The van der Waals surface area contributed by atoms with E-state index in [1.165, 1.54) is 13.8 Å². The number of carbonyl (C=O) groups excluding carboxylic acids is 3. The Balaban J connectivity index is 4.23. The summed E-state index contributed by atoms with van der Waals surface area (Å²) in [7, 11) is 0. The number of hydrogen-bond acceptors (Lipinski definition) is 7. The van der Waals surface area contributed by atoms with Crippen LogP contribution in [0.3, 0.4) is 0 Å². The summed E-state index contributed by atoms with van der Waals surface area (Å²) in [5.41, 5.74) is 0. The first-order valence-corrected chi connectivity index (χ1v) is 5.33. The van der Waals surface area contributed by atoms with Crippen LogP contribution in [0, 0.1) is 0 Å². The van der Waals surface area contributed by atoms with Crippen molar-refractivity contribution in [3.63, 3.8) is 0 Å². The molecule has 0 heterocycles. The summed E-state index contributed by atoms with van der Waals surface area (Å²) < 4.78 is 9.00. The maximum Gasteiger partial charge on any atom is 0.356 e. The molecule has 0 aliphatic carbocycles. The summed E-state index contributed by atoms with van der Waals surface area (Å²) >= 11 is 0. The van der Waals surface area contributed by atoms with E-state index >= 15 is 0 Å². The first-order valence-electron chi connectivity index (χ1n) is 5.33. The van der Waals surface area contributed by atoms with Crippen molar-refractivity contribution in [1.29, 1.82) is 0 Å². The standard InChI is InChI=1S/C10H17NO7/c1-4-17-10(16)8(14)11-7(13)6(3)18-9(15)5(2)12/h5-6,8,12,14H,4H2,1-3H3,(H,11,13)/t5-,6-,8-/m0/s1. The molecule has 0 bridgehead atoms. The molecule has 1 amide bonds. The van der Waals surface area contributed by atoms with Crippen LogP contribution in [-0.4, -0.2) is 53.1 Å². The van der Waals surface area contributed by atoms with Crippen LogP contribution in [-0.2, 0) is 23.9 Å². The highest BCUT2D eigenvalue weighted by atomic mass is 16.6. The predicted octanol–water partition coefficient (Wildman–Crippen LogP) is -1.70. The van der Waals surface area contributed by atoms with E-state index in [4.69, 9.17) is 5.11 Å². The van der Waals surface area contributed by atoms with E-state index in [1.807, 2.05) is 5.32 Å². The molecule has 0 unspecified atom stereocenters. The molecule has 104 valence electrons. The van der Waals surface area contributed by atoms with Crippen molar-refractivity contribution >= 4 is 17.8 Å². The minimum Gasteiger partial charge on any atom is -0.463 e. The van der Waals surface area contributed by atoms with Gasteiger partial charge in [0.15, 0.2) is 6.10 Å². The molecule has 0 saturated carbocycles. The van der Waals surface area contributed by atoms with Crippen molar-refractivity contribution in [2.75, 3.05) is 6.61 Å². The van der Waals surface area contributed by atoms with Gasteiger partial charge in [-0.05, 0) is 20.8 Å². The lowest BCUT2D eigenvalue weighted by Gasteiger charge is -2.16. The zero-order valence-corrected chi connectivity index (χ0v) is 10.4. The summed E-state index contributed by atoms with van der Waals surface area (Å²) in [4.78, 5) is 33.4. The molecule has 0 radical (unpaired) electrons. The van der Waals surface area contributed by atoms with Gasteiger partial charge in [0.1, 0.15) is 6.10 Å². The Morgan fingerprint density at radius 1 is 1.17 bits per heavy atom. The lowest BCUT2D eigenvalue weighted by Crippen LogP contribution is -2.46. The summed E-state index contributed by atoms with van der Waals surface area (Å²) in [5, 5.41) is 20.0. The Morgan fingerprint density at radius 2 is 1.72 bits per heavy atom. The molecule has 0 aromatic heterocycles. The van der Waals surface area contributed by atoms with E-state index in [-0.39, 0.29) is 6.61 Å². The lowest BCUT2D eigenvalue weighted by molar-refractivity contribution is -0.165. The fourth-order valence-corrected chi connectivity index (χ4v) is 0.858. The Hall–Kier alpha value is -1.67. The van der Waals surface area contributed by atoms with Crippen LogP contribution < -0.4 is 5.32 Å². The quantitative estimate of drug-likeness (QED) is 0.385. The smallest absolute Gasteiger partial charge is 0.356 e. The molecule has 0 fully saturated rings. The number of amides is 1. The molecule has 18 heavy (non-hydrogen) atoms. The van der Waals surface area contributed by atoms with Crippen molar-refractivity contribution in [3.8, 4) is 0 Å². The van der Waals surface area contributed by atoms with Gasteiger partial charge in [-0.25, -0.2) is 9.59 Å². The summed E-state index contributed by atoms with van der Waals surface area (Å²) in [6, 6.07) is 0. The number of aliphatic hydroxyl groups excluding tert-OH is 2. The van der Waals surface area contributed by atoms with E-state index in [1.54, 1.807) is 6.92 Å². The number of nitrogens with one attached hydrogen (secondary N) is 1. The molecule has 0 spiro atoms. The minimum atomic E-state index is -1.83. The van der Waals surface area contributed by atoms with Crippen LogP contribution in [0.2, 0.25) is 0 Å². The number of hydrogen-bond donors (Lipinski definition) is 3. The van der Waals surface area contributed by atoms with Gasteiger partial charge in [0.05, 0.1) is 6.61 Å². The van der Waals surface area contributed by atoms with Gasteiger partial charge in [-0.1, -0.05) is 0 Å². The molecule has 0 rings (SSSR count). The maximum atomic E-state index is 11.4. The van der Waals surface area contributed by atoms with Crippen LogP contribution in [0.25, 0.3) is 0 Å². The second-order valence-corrected chi connectivity index (χ2v) is 3.42. The molecule has 3 atom stereocenters. The van der Waals surface area contributed by atoms with Crippen LogP contribution in [0.1, 0.15) is 20.8 Å². The number of carbonyl (C=O) groups is 3. The Kier molecular flexibility index (Phi) is 6.91. The van der Waals surface area contributed by atoms with Gasteiger partial charge in [0.25, 0.3) is 5.91 Å². The maximum absolute atomic E-state index is 11.4. The van der Waals surface area contributed by atoms with E-state index < -0.39 is 36.3 Å². The van der Waals surface area contributed by atoms with E-state index in [0.29, 0.717) is 0 Å². The van der Waals surface area contributed by atoms with Gasteiger partial charge in [0.2, 0.25) is 6.23 Å². The Labute approximate surface area is 104 Å². The predicted molar refractivity (Wildman–Crippen MR) is 58.0 cm³/mol. The van der Waals surface area contributed by atoms with E-state index in [0.717, 1.165) is 0 Å². The summed E-state index contributed by atoms with van der Waals surface area (Å²) in [5.74, 6) is -2.88. The van der Waals surface area contributed by atoms with Crippen LogP contribution in [0.15, 0.2) is 0 Å². The molecule has 0 aromatic rings. The van der Waals surface area contributed by atoms with Gasteiger partial charge in [-0.2, -0.15) is 0 Å². The molecule has 0 aliphatic rings. The lowest BCUT2D eigenvalue weighted by atomic mass is 10.3. The number of ether oxygens (including phenoxy) is 2. The van der Waals surface area contributed by atoms with Gasteiger partial charge >= 0.3 is 11.9 Å². The fraction of sp³-hybridized carbons (Fsp3) is 0.700. The third kappa shape index (κ3) is 5.60. The zero-order chi connectivity index (χ0) is 14.3. The highest BCUT2D eigenvalue weighted by Gasteiger charge is 2.25. The Bertz CT molecular complexity index is 315. The normalized spacial score (nSPS) is 15.2. The first-order chi connectivity index (χ1) is 8.29. The second kappa shape index (κ2) is 7.62. The molecule has 8 nitrogen and oxygen atoms in total. The van der Waals surface area contributed by atoms with E-state index in [9.17, 15) is 19.5 Å². The highest BCUT2D eigenvalue weighted by Crippen LogP contribution is 1.96. The minimum absolute atomic E-state index is 0.0539. The van der Waals surface area contributed by atoms with Crippen molar-refractivity contribution in [3.05, 3.63) is 0 Å². The molecule has 0 saturated heterocycles. The van der Waals surface area contributed by atoms with Gasteiger partial charge in [0, 0.05) is 0 Å². The van der Waals surface area contributed by atoms with E-state index in [2.05, 4.69) is 9.47 Å². The third-order valence-corrected chi connectivity index (χ3v) is 1.79.